The Kier molecular flexibility index (Phi) is 4.55. The zero-order valence-corrected chi connectivity index (χ0v) is 10.4. The van der Waals surface area contributed by atoms with E-state index in [0.29, 0.717) is 12.5 Å². The molecule has 0 spiro atoms. The lowest BCUT2D eigenvalue weighted by Crippen LogP contribution is -2.20. The van der Waals surface area contributed by atoms with Gasteiger partial charge in [-0.3, -0.25) is 4.39 Å². The Morgan fingerprint density at radius 3 is 2.53 bits per heavy atom. The van der Waals surface area contributed by atoms with E-state index in [1.807, 2.05) is 18.2 Å². The first kappa shape index (κ1) is 12.6. The van der Waals surface area contributed by atoms with E-state index in [4.69, 9.17) is 5.73 Å². The summed E-state index contributed by atoms with van der Waals surface area (Å²) in [6, 6.07) is 8.07. The number of halogens is 1. The van der Waals surface area contributed by atoms with Gasteiger partial charge in [-0.15, -0.1) is 0 Å². The van der Waals surface area contributed by atoms with Crippen LogP contribution < -0.4 is 5.73 Å². The van der Waals surface area contributed by atoms with Gasteiger partial charge < -0.3 is 5.73 Å². The maximum atomic E-state index is 13.4. The molecule has 0 saturated heterocycles. The van der Waals surface area contributed by atoms with Crippen LogP contribution in [-0.4, -0.2) is 6.67 Å². The third-order valence-electron chi connectivity index (χ3n) is 4.06. The molecule has 1 aliphatic rings. The molecule has 1 fully saturated rings. The molecule has 2 rings (SSSR count). The van der Waals surface area contributed by atoms with Crippen molar-refractivity contribution >= 4 is 0 Å². The highest BCUT2D eigenvalue weighted by Crippen LogP contribution is 2.37. The Bertz CT molecular complexity index is 345. The monoisotopic (exact) mass is 235 g/mol. The van der Waals surface area contributed by atoms with Crippen molar-refractivity contribution in [3.8, 4) is 0 Å². The van der Waals surface area contributed by atoms with Crippen molar-refractivity contribution in [2.24, 2.45) is 11.7 Å². The molecule has 2 N–H and O–H groups in total. The molecule has 0 aromatic heterocycles. The lowest BCUT2D eigenvalue weighted by molar-refractivity contribution is 0.263. The maximum absolute atomic E-state index is 13.4. The Hall–Kier alpha value is -0.890. The molecule has 1 atom stereocenters. The molecule has 2 heteroatoms. The van der Waals surface area contributed by atoms with Crippen LogP contribution in [0.2, 0.25) is 0 Å². The molecule has 17 heavy (non-hydrogen) atoms. The van der Waals surface area contributed by atoms with Crippen LogP contribution in [0.1, 0.15) is 49.1 Å². The Balaban J connectivity index is 2.21. The minimum Gasteiger partial charge on any atom is -0.326 e. The smallest absolute Gasteiger partial charge is 0.0965 e. The van der Waals surface area contributed by atoms with Gasteiger partial charge in [0, 0.05) is 12.5 Å². The first-order valence-corrected chi connectivity index (χ1v) is 6.70. The topological polar surface area (TPSA) is 26.0 Å². The van der Waals surface area contributed by atoms with Crippen LogP contribution in [0.15, 0.2) is 24.3 Å². The number of rotatable bonds is 4. The summed E-state index contributed by atoms with van der Waals surface area (Å²) in [5.41, 5.74) is 8.00. The van der Waals surface area contributed by atoms with E-state index in [1.165, 1.54) is 32.1 Å². The summed E-state index contributed by atoms with van der Waals surface area (Å²) in [4.78, 5) is 0. The molecule has 0 bridgehead atoms. The lowest BCUT2D eigenvalue weighted by atomic mass is 9.76. The Morgan fingerprint density at radius 2 is 1.88 bits per heavy atom. The second-order valence-corrected chi connectivity index (χ2v) is 5.06. The largest absolute Gasteiger partial charge is 0.326 e. The van der Waals surface area contributed by atoms with Crippen LogP contribution >= 0.6 is 0 Å². The van der Waals surface area contributed by atoms with E-state index in [1.54, 1.807) is 0 Å². The highest BCUT2D eigenvalue weighted by atomic mass is 19.1. The summed E-state index contributed by atoms with van der Waals surface area (Å²) in [5, 5.41) is 0. The fraction of sp³-hybridized carbons (Fsp3) is 0.600. The Labute approximate surface area is 103 Å². The Morgan fingerprint density at radius 1 is 1.18 bits per heavy atom. The number of alkyl halides is 1. The van der Waals surface area contributed by atoms with E-state index in [0.717, 1.165) is 11.1 Å². The summed E-state index contributed by atoms with van der Waals surface area (Å²) >= 11 is 0. The lowest BCUT2D eigenvalue weighted by Gasteiger charge is -2.30. The minimum atomic E-state index is -0.248. The van der Waals surface area contributed by atoms with Crippen LogP contribution in [0.5, 0.6) is 0 Å². The van der Waals surface area contributed by atoms with Crippen molar-refractivity contribution in [1.82, 2.24) is 0 Å². The van der Waals surface area contributed by atoms with Gasteiger partial charge in [-0.1, -0.05) is 43.5 Å². The van der Waals surface area contributed by atoms with Crippen molar-refractivity contribution in [3.05, 3.63) is 35.4 Å². The van der Waals surface area contributed by atoms with Crippen LogP contribution in [0.3, 0.4) is 0 Å². The third kappa shape index (κ3) is 2.86. The van der Waals surface area contributed by atoms with Crippen molar-refractivity contribution in [2.75, 3.05) is 6.67 Å². The average molecular weight is 235 g/mol. The highest BCUT2D eigenvalue weighted by molar-refractivity contribution is 5.31. The molecule has 94 valence electrons. The zero-order valence-electron chi connectivity index (χ0n) is 10.4. The van der Waals surface area contributed by atoms with Gasteiger partial charge in [-0.2, -0.15) is 0 Å². The van der Waals surface area contributed by atoms with Crippen molar-refractivity contribution in [1.29, 1.82) is 0 Å². The molecule has 0 heterocycles. The summed E-state index contributed by atoms with van der Waals surface area (Å²) in [5.74, 6) is 0.580. The standard InChI is InChI=1S/C15H22FN/c16-10-15(12-6-2-1-3-7-12)14-9-5-4-8-13(14)11-17/h4-5,8-9,12,15H,1-3,6-7,10-11,17H2. The summed E-state index contributed by atoms with van der Waals surface area (Å²) < 4.78 is 13.4. The van der Waals surface area contributed by atoms with Gasteiger partial charge in [0.1, 0.15) is 0 Å². The van der Waals surface area contributed by atoms with Gasteiger partial charge in [0.2, 0.25) is 0 Å². The number of nitrogens with two attached hydrogens (primary N) is 1. The quantitative estimate of drug-likeness (QED) is 0.844. The molecular weight excluding hydrogens is 213 g/mol. The second kappa shape index (κ2) is 6.15. The molecule has 1 aliphatic carbocycles. The fourth-order valence-electron chi connectivity index (χ4n) is 3.08. The predicted octanol–water partition coefficient (Wildman–Crippen LogP) is 3.78. The normalized spacial score (nSPS) is 19.2. The number of benzene rings is 1. The van der Waals surface area contributed by atoms with Crippen LogP contribution in [0.4, 0.5) is 4.39 Å². The van der Waals surface area contributed by atoms with Gasteiger partial charge in [-0.05, 0) is 29.9 Å². The summed E-state index contributed by atoms with van der Waals surface area (Å²) in [6.07, 6.45) is 6.17. The van der Waals surface area contributed by atoms with Crippen molar-refractivity contribution < 1.29 is 4.39 Å². The van der Waals surface area contributed by atoms with E-state index in [9.17, 15) is 4.39 Å². The summed E-state index contributed by atoms with van der Waals surface area (Å²) in [7, 11) is 0. The van der Waals surface area contributed by atoms with E-state index < -0.39 is 0 Å². The number of hydrogen-bond acceptors (Lipinski definition) is 1. The average Bonchev–Trinajstić information content (AvgIpc) is 2.41. The van der Waals surface area contributed by atoms with Crippen LogP contribution in [0.25, 0.3) is 0 Å². The fourth-order valence-corrected chi connectivity index (χ4v) is 3.08. The second-order valence-electron chi connectivity index (χ2n) is 5.06. The first-order valence-electron chi connectivity index (χ1n) is 6.70. The molecule has 1 aromatic carbocycles. The number of hydrogen-bond donors (Lipinski definition) is 1. The molecule has 0 radical (unpaired) electrons. The molecule has 1 saturated carbocycles. The minimum absolute atomic E-state index is 0.0649. The van der Waals surface area contributed by atoms with Crippen molar-refractivity contribution in [2.45, 2.75) is 44.6 Å². The molecule has 0 aliphatic heterocycles. The van der Waals surface area contributed by atoms with Gasteiger partial charge in [0.15, 0.2) is 0 Å². The third-order valence-corrected chi connectivity index (χ3v) is 4.06. The van der Waals surface area contributed by atoms with E-state index in [-0.39, 0.29) is 12.6 Å². The molecule has 1 aromatic rings. The van der Waals surface area contributed by atoms with Gasteiger partial charge >= 0.3 is 0 Å². The molecular formula is C15H22FN. The first-order chi connectivity index (χ1) is 8.36. The highest BCUT2D eigenvalue weighted by Gasteiger charge is 2.26. The SMILES string of the molecule is NCc1ccccc1C(CF)C1CCCCC1. The zero-order chi connectivity index (χ0) is 12.1. The van der Waals surface area contributed by atoms with Gasteiger partial charge in [0.25, 0.3) is 0 Å². The molecule has 0 amide bonds. The summed E-state index contributed by atoms with van der Waals surface area (Å²) in [6.45, 7) is 0.265. The van der Waals surface area contributed by atoms with E-state index >= 15 is 0 Å². The van der Waals surface area contributed by atoms with Crippen LogP contribution in [-0.2, 0) is 6.54 Å². The van der Waals surface area contributed by atoms with Crippen LogP contribution in [0, 0.1) is 5.92 Å². The molecule has 1 unspecified atom stereocenters. The van der Waals surface area contributed by atoms with E-state index in [2.05, 4.69) is 6.07 Å². The van der Waals surface area contributed by atoms with Crippen molar-refractivity contribution in [3.63, 3.8) is 0 Å². The maximum Gasteiger partial charge on any atom is 0.0965 e. The van der Waals surface area contributed by atoms with Gasteiger partial charge in [-0.25, -0.2) is 0 Å². The van der Waals surface area contributed by atoms with Gasteiger partial charge in [0.05, 0.1) is 6.67 Å². The predicted molar refractivity (Wildman–Crippen MR) is 69.6 cm³/mol. The molecule has 1 nitrogen and oxygen atoms in total.